The van der Waals surface area contributed by atoms with Crippen molar-refractivity contribution < 1.29 is 0 Å². The number of nitrogens with one attached hydrogen (secondary N) is 1. The second-order valence-electron chi connectivity index (χ2n) is 7.11. The van der Waals surface area contributed by atoms with Crippen molar-refractivity contribution in [2.45, 2.75) is 51.4 Å². The van der Waals surface area contributed by atoms with Gasteiger partial charge in [-0.1, -0.05) is 50.1 Å². The minimum atomic E-state index is 0.656. The van der Waals surface area contributed by atoms with Gasteiger partial charge in [-0.15, -0.1) is 0 Å². The normalized spacial score (nSPS) is 16.2. The highest BCUT2D eigenvalue weighted by molar-refractivity contribution is 6.31. The van der Waals surface area contributed by atoms with E-state index < -0.39 is 0 Å². The van der Waals surface area contributed by atoms with E-state index in [1.165, 1.54) is 44.1 Å². The van der Waals surface area contributed by atoms with Crippen LogP contribution in [0, 0.1) is 5.92 Å². The van der Waals surface area contributed by atoms with Crippen LogP contribution in [0.3, 0.4) is 0 Å². The standard InChI is InChI=1S/C20H23ClN4/c21-17-9-18-16(12-24-20(18)25-13-17)7-15-10-22-19(23-11-15)8-14-5-3-1-2-4-6-14/h9-14H,1-8H2,(H,24,25). The van der Waals surface area contributed by atoms with Crippen LogP contribution in [-0.4, -0.2) is 19.9 Å². The second kappa shape index (κ2) is 7.52. The smallest absolute Gasteiger partial charge is 0.137 e. The molecule has 0 amide bonds. The Bertz CT molecular complexity index is 833. The van der Waals surface area contributed by atoms with Crippen LogP contribution < -0.4 is 0 Å². The first-order valence-corrected chi connectivity index (χ1v) is 9.57. The van der Waals surface area contributed by atoms with Crippen molar-refractivity contribution in [3.63, 3.8) is 0 Å². The Hall–Kier alpha value is -1.94. The summed E-state index contributed by atoms with van der Waals surface area (Å²) in [6, 6.07) is 1.96. The van der Waals surface area contributed by atoms with Crippen LogP contribution in [-0.2, 0) is 12.8 Å². The van der Waals surface area contributed by atoms with Gasteiger partial charge >= 0.3 is 0 Å². The first kappa shape index (κ1) is 16.5. The van der Waals surface area contributed by atoms with Crippen LogP contribution in [0.2, 0.25) is 5.02 Å². The van der Waals surface area contributed by atoms with Crippen molar-refractivity contribution in [1.82, 2.24) is 19.9 Å². The van der Waals surface area contributed by atoms with Gasteiger partial charge in [0.15, 0.2) is 0 Å². The summed E-state index contributed by atoms with van der Waals surface area (Å²) in [5.41, 5.74) is 3.15. The molecule has 0 spiro atoms. The maximum Gasteiger partial charge on any atom is 0.137 e. The second-order valence-corrected chi connectivity index (χ2v) is 7.55. The van der Waals surface area contributed by atoms with Gasteiger partial charge in [0.1, 0.15) is 11.5 Å². The van der Waals surface area contributed by atoms with E-state index >= 15 is 0 Å². The molecular weight excluding hydrogens is 332 g/mol. The van der Waals surface area contributed by atoms with Gasteiger partial charge in [-0.2, -0.15) is 0 Å². The maximum atomic E-state index is 6.07. The molecule has 3 heterocycles. The van der Waals surface area contributed by atoms with Crippen molar-refractivity contribution >= 4 is 22.6 Å². The molecule has 4 rings (SSSR count). The van der Waals surface area contributed by atoms with Crippen LogP contribution in [0.1, 0.15) is 55.5 Å². The number of aromatic amines is 1. The van der Waals surface area contributed by atoms with Gasteiger partial charge in [-0.25, -0.2) is 15.0 Å². The van der Waals surface area contributed by atoms with E-state index in [1.807, 2.05) is 24.7 Å². The zero-order chi connectivity index (χ0) is 17.1. The van der Waals surface area contributed by atoms with Crippen molar-refractivity contribution in [3.8, 4) is 0 Å². The third kappa shape index (κ3) is 4.01. The van der Waals surface area contributed by atoms with E-state index in [1.54, 1.807) is 6.20 Å². The average Bonchev–Trinajstić information content (AvgIpc) is 2.83. The van der Waals surface area contributed by atoms with Crippen LogP contribution in [0.4, 0.5) is 0 Å². The third-order valence-corrected chi connectivity index (χ3v) is 5.39. The zero-order valence-electron chi connectivity index (χ0n) is 14.3. The molecule has 3 aromatic heterocycles. The van der Waals surface area contributed by atoms with Crippen LogP contribution in [0.15, 0.2) is 30.9 Å². The van der Waals surface area contributed by atoms with E-state index in [2.05, 4.69) is 19.9 Å². The minimum Gasteiger partial charge on any atom is -0.346 e. The number of fused-ring (bicyclic) bond motifs is 1. The van der Waals surface area contributed by atoms with E-state index in [0.717, 1.165) is 41.2 Å². The molecule has 1 aliphatic carbocycles. The maximum absolute atomic E-state index is 6.07. The SMILES string of the molecule is Clc1cnc2[nH]cc(Cc3cnc(CC4CCCCCC4)nc3)c2c1. The van der Waals surface area contributed by atoms with Gasteiger partial charge in [0.05, 0.1) is 5.02 Å². The van der Waals surface area contributed by atoms with Gasteiger partial charge in [0.2, 0.25) is 0 Å². The average molecular weight is 355 g/mol. The van der Waals surface area contributed by atoms with Gasteiger partial charge < -0.3 is 4.98 Å². The first-order valence-electron chi connectivity index (χ1n) is 9.19. The number of nitrogens with zero attached hydrogens (tertiary/aromatic N) is 3. The molecule has 0 bridgehead atoms. The fraction of sp³-hybridized carbons (Fsp3) is 0.450. The molecule has 0 saturated heterocycles. The lowest BCUT2D eigenvalue weighted by molar-refractivity contribution is 0.448. The summed E-state index contributed by atoms with van der Waals surface area (Å²) in [4.78, 5) is 16.7. The minimum absolute atomic E-state index is 0.656. The van der Waals surface area contributed by atoms with Crippen molar-refractivity contribution in [2.24, 2.45) is 5.92 Å². The fourth-order valence-electron chi connectivity index (χ4n) is 3.80. The van der Waals surface area contributed by atoms with Crippen molar-refractivity contribution in [2.75, 3.05) is 0 Å². The van der Waals surface area contributed by atoms with Gasteiger partial charge in [-0.3, -0.25) is 0 Å². The van der Waals surface area contributed by atoms with E-state index in [0.29, 0.717) is 5.02 Å². The lowest BCUT2D eigenvalue weighted by Gasteiger charge is -2.12. The molecule has 25 heavy (non-hydrogen) atoms. The Morgan fingerprint density at radius 2 is 1.76 bits per heavy atom. The third-order valence-electron chi connectivity index (χ3n) is 5.18. The largest absolute Gasteiger partial charge is 0.346 e. The highest BCUT2D eigenvalue weighted by Gasteiger charge is 2.14. The van der Waals surface area contributed by atoms with E-state index in [-0.39, 0.29) is 0 Å². The number of rotatable bonds is 4. The van der Waals surface area contributed by atoms with Crippen LogP contribution >= 0.6 is 11.6 Å². The number of halogens is 1. The molecule has 1 fully saturated rings. The molecule has 0 aromatic carbocycles. The Kier molecular flexibility index (Phi) is 4.97. The highest BCUT2D eigenvalue weighted by Crippen LogP contribution is 2.25. The molecule has 5 heteroatoms. The molecule has 1 saturated carbocycles. The number of hydrogen-bond donors (Lipinski definition) is 1. The summed E-state index contributed by atoms with van der Waals surface area (Å²) in [6.45, 7) is 0. The van der Waals surface area contributed by atoms with E-state index in [9.17, 15) is 0 Å². The lowest BCUT2D eigenvalue weighted by Crippen LogP contribution is -2.07. The predicted octanol–water partition coefficient (Wildman–Crippen LogP) is 5.11. The fourth-order valence-corrected chi connectivity index (χ4v) is 3.96. The molecule has 4 nitrogen and oxygen atoms in total. The molecule has 130 valence electrons. The highest BCUT2D eigenvalue weighted by atomic mass is 35.5. The summed E-state index contributed by atoms with van der Waals surface area (Å²) in [6.07, 6.45) is 17.6. The van der Waals surface area contributed by atoms with E-state index in [4.69, 9.17) is 11.6 Å². The number of H-pyrrole nitrogens is 1. The Morgan fingerprint density at radius 3 is 2.52 bits per heavy atom. The summed E-state index contributed by atoms with van der Waals surface area (Å²) in [5, 5.41) is 1.72. The predicted molar refractivity (Wildman–Crippen MR) is 101 cm³/mol. The number of pyridine rings is 1. The van der Waals surface area contributed by atoms with Crippen LogP contribution in [0.25, 0.3) is 11.0 Å². The molecule has 0 radical (unpaired) electrons. The molecule has 1 N–H and O–H groups in total. The molecule has 1 aliphatic rings. The Balaban J connectivity index is 1.45. The number of hydrogen-bond acceptors (Lipinski definition) is 3. The zero-order valence-corrected chi connectivity index (χ0v) is 15.1. The summed E-state index contributed by atoms with van der Waals surface area (Å²) in [7, 11) is 0. The van der Waals surface area contributed by atoms with Gasteiger partial charge in [-0.05, 0) is 23.1 Å². The summed E-state index contributed by atoms with van der Waals surface area (Å²) < 4.78 is 0. The monoisotopic (exact) mass is 354 g/mol. The summed E-state index contributed by atoms with van der Waals surface area (Å²) in [5.74, 6) is 1.74. The number of aromatic nitrogens is 4. The summed E-state index contributed by atoms with van der Waals surface area (Å²) >= 11 is 6.07. The van der Waals surface area contributed by atoms with Crippen molar-refractivity contribution in [3.05, 3.63) is 52.8 Å². The topological polar surface area (TPSA) is 54.5 Å². The van der Waals surface area contributed by atoms with Gasteiger partial charge in [0, 0.05) is 43.0 Å². The molecule has 0 unspecified atom stereocenters. The Morgan fingerprint density at radius 1 is 1.00 bits per heavy atom. The Labute approximate surface area is 153 Å². The van der Waals surface area contributed by atoms with Crippen LogP contribution in [0.5, 0.6) is 0 Å². The van der Waals surface area contributed by atoms with Crippen molar-refractivity contribution in [1.29, 1.82) is 0 Å². The first-order chi connectivity index (χ1) is 12.3. The molecule has 0 aliphatic heterocycles. The molecular formula is C20H23ClN4. The molecule has 3 aromatic rings. The quantitative estimate of drug-likeness (QED) is 0.662. The molecule has 0 atom stereocenters. The van der Waals surface area contributed by atoms with Gasteiger partial charge in [0.25, 0.3) is 0 Å². The lowest BCUT2D eigenvalue weighted by atomic mass is 9.96.